The summed E-state index contributed by atoms with van der Waals surface area (Å²) in [6.07, 6.45) is 1.05. The molecule has 138 valence electrons. The normalized spacial score (nSPS) is 16.6. The second-order valence-corrected chi connectivity index (χ2v) is 8.84. The van der Waals surface area contributed by atoms with Gasteiger partial charge in [-0.25, -0.2) is 14.1 Å². The van der Waals surface area contributed by atoms with Crippen molar-refractivity contribution in [2.45, 2.75) is 39.2 Å². The number of piperidine rings is 1. The van der Waals surface area contributed by atoms with E-state index in [1.807, 2.05) is 59.1 Å². The quantitative estimate of drug-likeness (QED) is 0.685. The Hall–Kier alpha value is -1.40. The smallest absolute Gasteiger partial charge is 0.410 e. The van der Waals surface area contributed by atoms with Gasteiger partial charge in [0.25, 0.3) is 0 Å². The first kappa shape index (κ1) is 19.9. The fourth-order valence-corrected chi connectivity index (χ4v) is 3.84. The van der Waals surface area contributed by atoms with Gasteiger partial charge in [0.1, 0.15) is 5.60 Å². The number of amides is 2. The zero-order valence-electron chi connectivity index (χ0n) is 15.7. The van der Waals surface area contributed by atoms with Gasteiger partial charge < -0.3 is 9.64 Å². The number of carbonyl (C=O) groups is 2. The molecule has 1 saturated heterocycles. The summed E-state index contributed by atoms with van der Waals surface area (Å²) in [5, 5.41) is 0. The Morgan fingerprint density at radius 2 is 1.72 bits per heavy atom. The Morgan fingerprint density at radius 1 is 1.16 bits per heavy atom. The van der Waals surface area contributed by atoms with Crippen molar-refractivity contribution in [2.75, 3.05) is 27.2 Å². The summed E-state index contributed by atoms with van der Waals surface area (Å²) in [5.41, 5.74) is 0.449. The zero-order chi connectivity index (χ0) is 18.8. The molecule has 1 heterocycles. The number of carbonyl (C=O) groups excluding carboxylic acids is 2. The van der Waals surface area contributed by atoms with Gasteiger partial charge in [-0.15, -0.1) is 0 Å². The van der Waals surface area contributed by atoms with Crippen LogP contribution in [-0.2, 0) is 9.53 Å². The summed E-state index contributed by atoms with van der Waals surface area (Å²) in [4.78, 5) is 27.0. The van der Waals surface area contributed by atoms with E-state index < -0.39 is 5.60 Å². The maximum absolute atomic E-state index is 13.1. The summed E-state index contributed by atoms with van der Waals surface area (Å²) in [5.74, 6) is 0.122. The lowest BCUT2D eigenvalue weighted by atomic mass is 9.94. The average Bonchev–Trinajstić information content (AvgIpc) is 2.53. The molecule has 2 rings (SSSR count). The predicted octanol–water partition coefficient (Wildman–Crippen LogP) is 4.19. The van der Waals surface area contributed by atoms with Crippen molar-refractivity contribution in [3.05, 3.63) is 28.7 Å². The second kappa shape index (κ2) is 7.46. The number of ether oxygens (including phenoxy) is 1. The maximum atomic E-state index is 13.1. The van der Waals surface area contributed by atoms with Crippen LogP contribution in [0.3, 0.4) is 0 Å². The Labute approximate surface area is 158 Å². The number of benzene rings is 1. The van der Waals surface area contributed by atoms with Crippen LogP contribution < -0.4 is 4.48 Å². The van der Waals surface area contributed by atoms with Crippen LogP contribution in [0.4, 0.5) is 10.5 Å². The van der Waals surface area contributed by atoms with E-state index in [4.69, 9.17) is 4.74 Å². The van der Waals surface area contributed by atoms with Gasteiger partial charge in [-0.2, -0.15) is 0 Å². The minimum Gasteiger partial charge on any atom is -0.444 e. The highest BCUT2D eigenvalue weighted by Gasteiger charge is 2.40. The second-order valence-electron chi connectivity index (χ2n) is 7.98. The van der Waals surface area contributed by atoms with E-state index in [1.165, 1.54) is 0 Å². The van der Waals surface area contributed by atoms with Gasteiger partial charge in [0.05, 0.1) is 24.5 Å². The topological polar surface area (TPSA) is 46.6 Å². The number of quaternary nitrogens is 1. The van der Waals surface area contributed by atoms with Crippen LogP contribution in [-0.4, -0.2) is 49.7 Å². The number of nitrogens with zero attached hydrogens (tertiary/aromatic N) is 2. The first-order chi connectivity index (χ1) is 11.5. The largest absolute Gasteiger partial charge is 0.444 e. The van der Waals surface area contributed by atoms with E-state index >= 15 is 0 Å². The minimum absolute atomic E-state index is 0.0548. The average molecular weight is 412 g/mol. The third-order valence-corrected chi connectivity index (χ3v) is 5.17. The summed E-state index contributed by atoms with van der Waals surface area (Å²) in [6, 6.07) is 7.81. The van der Waals surface area contributed by atoms with Crippen LogP contribution in [0.2, 0.25) is 0 Å². The highest BCUT2D eigenvalue weighted by atomic mass is 79.9. The number of hydrogen-bond donors (Lipinski definition) is 0. The van der Waals surface area contributed by atoms with Crippen molar-refractivity contribution in [1.29, 1.82) is 0 Å². The molecular weight excluding hydrogens is 384 g/mol. The molecule has 0 spiro atoms. The molecule has 0 aromatic heterocycles. The van der Waals surface area contributed by atoms with Gasteiger partial charge in [0, 0.05) is 19.2 Å². The summed E-state index contributed by atoms with van der Waals surface area (Å²) >= 11 is 3.54. The lowest BCUT2D eigenvalue weighted by Crippen LogP contribution is -2.53. The Bertz CT molecular complexity index is 644. The third kappa shape index (κ3) is 4.82. The predicted molar refractivity (Wildman–Crippen MR) is 103 cm³/mol. The molecule has 0 radical (unpaired) electrons. The highest BCUT2D eigenvalue weighted by molar-refractivity contribution is 9.10. The number of para-hydroxylation sites is 1. The van der Waals surface area contributed by atoms with E-state index in [2.05, 4.69) is 15.9 Å². The molecular formula is C19H28BrN2O3+. The van der Waals surface area contributed by atoms with Gasteiger partial charge in [-0.05, 0) is 55.6 Å². The van der Waals surface area contributed by atoms with E-state index in [-0.39, 0.29) is 22.4 Å². The molecule has 1 aliphatic rings. The SMILES string of the molecule is CC(C)(C)OC(=O)N1CCC(C(=O)[N+](C)(C)c2ccccc2Br)CC1. The molecule has 1 fully saturated rings. The van der Waals surface area contributed by atoms with E-state index in [0.29, 0.717) is 25.9 Å². The van der Waals surface area contributed by atoms with E-state index in [9.17, 15) is 9.59 Å². The Morgan fingerprint density at radius 3 is 2.24 bits per heavy atom. The van der Waals surface area contributed by atoms with Crippen molar-refractivity contribution >= 4 is 33.6 Å². The standard InChI is InChI=1S/C19H28BrN2O3/c1-19(2,3)25-18(24)21-12-10-14(11-13-21)17(23)22(4,5)16-9-7-6-8-15(16)20/h6-9,14H,10-13H2,1-5H3/q+1. The molecule has 1 aromatic rings. The number of hydrogen-bond acceptors (Lipinski definition) is 3. The molecule has 0 saturated carbocycles. The molecule has 2 amide bonds. The molecule has 0 bridgehead atoms. The highest BCUT2D eigenvalue weighted by Crippen LogP contribution is 2.32. The number of halogens is 1. The van der Waals surface area contributed by atoms with Gasteiger partial charge in [-0.1, -0.05) is 12.1 Å². The number of likely N-dealkylation sites (tertiary alicyclic amines) is 1. The Kier molecular flexibility index (Phi) is 5.94. The van der Waals surface area contributed by atoms with Gasteiger partial charge in [-0.3, -0.25) is 0 Å². The zero-order valence-corrected chi connectivity index (χ0v) is 17.3. The van der Waals surface area contributed by atoms with Crippen molar-refractivity contribution < 1.29 is 14.3 Å². The molecule has 0 atom stereocenters. The monoisotopic (exact) mass is 411 g/mol. The van der Waals surface area contributed by atoms with Gasteiger partial charge >= 0.3 is 12.0 Å². The van der Waals surface area contributed by atoms with Crippen LogP contribution in [0.5, 0.6) is 0 Å². The molecule has 6 heteroatoms. The first-order valence-electron chi connectivity index (χ1n) is 8.64. The fourth-order valence-electron chi connectivity index (χ4n) is 3.12. The van der Waals surface area contributed by atoms with Crippen LogP contribution in [0.25, 0.3) is 0 Å². The van der Waals surface area contributed by atoms with Gasteiger partial charge in [0.2, 0.25) is 0 Å². The Balaban J connectivity index is 2.02. The molecule has 25 heavy (non-hydrogen) atoms. The summed E-state index contributed by atoms with van der Waals surface area (Å²) in [6.45, 7) is 6.69. The number of rotatable bonds is 2. The molecule has 1 aromatic carbocycles. The molecule has 0 N–H and O–H groups in total. The van der Waals surface area contributed by atoms with Crippen molar-refractivity contribution in [3.8, 4) is 0 Å². The third-order valence-electron chi connectivity index (χ3n) is 4.50. The molecule has 5 nitrogen and oxygen atoms in total. The molecule has 1 aliphatic heterocycles. The summed E-state index contributed by atoms with van der Waals surface area (Å²) in [7, 11) is 3.84. The van der Waals surface area contributed by atoms with Crippen molar-refractivity contribution in [3.63, 3.8) is 0 Å². The molecule has 0 unspecified atom stereocenters. The van der Waals surface area contributed by atoms with E-state index in [0.717, 1.165) is 10.2 Å². The van der Waals surface area contributed by atoms with Crippen LogP contribution in [0.1, 0.15) is 33.6 Å². The van der Waals surface area contributed by atoms with Crippen molar-refractivity contribution in [1.82, 2.24) is 9.38 Å². The first-order valence-corrected chi connectivity index (χ1v) is 9.43. The van der Waals surface area contributed by atoms with Crippen LogP contribution in [0.15, 0.2) is 28.7 Å². The lowest BCUT2D eigenvalue weighted by Gasteiger charge is -2.36. The van der Waals surface area contributed by atoms with E-state index in [1.54, 1.807) is 4.90 Å². The van der Waals surface area contributed by atoms with Crippen LogP contribution >= 0.6 is 15.9 Å². The molecule has 0 aliphatic carbocycles. The minimum atomic E-state index is -0.498. The lowest BCUT2D eigenvalue weighted by molar-refractivity contribution is -0.133. The van der Waals surface area contributed by atoms with Crippen LogP contribution in [0, 0.1) is 5.92 Å². The van der Waals surface area contributed by atoms with Gasteiger partial charge in [0.15, 0.2) is 5.69 Å². The van der Waals surface area contributed by atoms with Crippen molar-refractivity contribution in [2.24, 2.45) is 5.92 Å². The fraction of sp³-hybridized carbons (Fsp3) is 0.579. The summed E-state index contributed by atoms with van der Waals surface area (Å²) < 4.78 is 6.54. The maximum Gasteiger partial charge on any atom is 0.410 e.